The minimum atomic E-state index is 0.377. The summed E-state index contributed by atoms with van der Waals surface area (Å²) in [7, 11) is 0. The van der Waals surface area contributed by atoms with Crippen molar-refractivity contribution in [2.45, 2.75) is 45.8 Å². The highest BCUT2D eigenvalue weighted by Gasteiger charge is 2.27. The van der Waals surface area contributed by atoms with Crippen LogP contribution in [0.25, 0.3) is 0 Å². The largest absolute Gasteiger partial charge is 0.381 e. The zero-order valence-electron chi connectivity index (χ0n) is 16.9. The summed E-state index contributed by atoms with van der Waals surface area (Å²) in [5.74, 6) is 0.588. The van der Waals surface area contributed by atoms with Crippen LogP contribution in [0.2, 0.25) is 0 Å². The molecule has 1 fully saturated rings. The van der Waals surface area contributed by atoms with Gasteiger partial charge < -0.3 is 9.64 Å². The van der Waals surface area contributed by atoms with E-state index in [0.717, 1.165) is 26.2 Å². The van der Waals surface area contributed by atoms with Crippen molar-refractivity contribution in [3.8, 4) is 0 Å². The first-order chi connectivity index (χ1) is 13.2. The topological polar surface area (TPSA) is 15.7 Å². The summed E-state index contributed by atoms with van der Waals surface area (Å²) in [6.07, 6.45) is 4.02. The molecule has 3 rings (SSSR count). The van der Waals surface area contributed by atoms with E-state index < -0.39 is 0 Å². The van der Waals surface area contributed by atoms with Gasteiger partial charge in [0, 0.05) is 45.0 Å². The first-order valence-electron chi connectivity index (χ1n) is 10.4. The van der Waals surface area contributed by atoms with Crippen LogP contribution in [-0.2, 0) is 11.3 Å². The van der Waals surface area contributed by atoms with Crippen LogP contribution >= 0.6 is 0 Å². The zero-order valence-corrected chi connectivity index (χ0v) is 16.9. The van der Waals surface area contributed by atoms with Gasteiger partial charge in [-0.05, 0) is 36.5 Å². The van der Waals surface area contributed by atoms with Crippen molar-refractivity contribution in [3.05, 3.63) is 66.2 Å². The maximum atomic E-state index is 5.97. The highest BCUT2D eigenvalue weighted by Crippen LogP contribution is 2.26. The molecule has 1 saturated heterocycles. The third-order valence-electron chi connectivity index (χ3n) is 5.18. The molecule has 0 aromatic heterocycles. The maximum Gasteiger partial charge on any atom is 0.0846 e. The van der Waals surface area contributed by atoms with Gasteiger partial charge in [-0.25, -0.2) is 0 Å². The van der Waals surface area contributed by atoms with Crippen LogP contribution in [0.5, 0.6) is 0 Å². The SMILES string of the molecule is CC(C)COCC[C@H](N1CCCC1)N(Cc1ccccc1)c1ccccc1. The lowest BCUT2D eigenvalue weighted by atomic mass is 10.1. The molecule has 0 radical (unpaired) electrons. The van der Waals surface area contributed by atoms with E-state index in [9.17, 15) is 0 Å². The Morgan fingerprint density at radius 2 is 1.56 bits per heavy atom. The number of nitrogens with zero attached hydrogens (tertiary/aromatic N) is 2. The number of ether oxygens (including phenoxy) is 1. The fourth-order valence-electron chi connectivity index (χ4n) is 3.85. The fraction of sp³-hybridized carbons (Fsp3) is 0.500. The van der Waals surface area contributed by atoms with Gasteiger partial charge in [-0.2, -0.15) is 0 Å². The smallest absolute Gasteiger partial charge is 0.0846 e. The van der Waals surface area contributed by atoms with E-state index in [1.54, 1.807) is 0 Å². The molecular weight excluding hydrogens is 332 g/mol. The molecule has 1 atom stereocenters. The minimum Gasteiger partial charge on any atom is -0.381 e. The normalized spacial score (nSPS) is 16.0. The Balaban J connectivity index is 1.79. The summed E-state index contributed by atoms with van der Waals surface area (Å²) >= 11 is 0. The molecule has 0 aliphatic carbocycles. The minimum absolute atomic E-state index is 0.377. The van der Waals surface area contributed by atoms with E-state index in [4.69, 9.17) is 4.74 Å². The van der Waals surface area contributed by atoms with Gasteiger partial charge in [0.05, 0.1) is 6.17 Å². The van der Waals surface area contributed by atoms with Gasteiger partial charge in [-0.1, -0.05) is 62.4 Å². The Morgan fingerprint density at radius 1 is 0.926 bits per heavy atom. The average molecular weight is 367 g/mol. The first kappa shape index (κ1) is 19.9. The van der Waals surface area contributed by atoms with Crippen LogP contribution in [0.3, 0.4) is 0 Å². The first-order valence-corrected chi connectivity index (χ1v) is 10.4. The molecule has 0 amide bonds. The van der Waals surface area contributed by atoms with E-state index in [0.29, 0.717) is 12.1 Å². The Morgan fingerprint density at radius 3 is 2.19 bits per heavy atom. The highest BCUT2D eigenvalue weighted by atomic mass is 16.5. The highest BCUT2D eigenvalue weighted by molar-refractivity contribution is 5.47. The molecule has 146 valence electrons. The predicted molar refractivity (Wildman–Crippen MR) is 114 cm³/mol. The Bertz CT molecular complexity index is 638. The zero-order chi connectivity index (χ0) is 18.9. The molecule has 3 nitrogen and oxygen atoms in total. The van der Waals surface area contributed by atoms with Gasteiger partial charge in [0.1, 0.15) is 0 Å². The number of anilines is 1. The van der Waals surface area contributed by atoms with Crippen LogP contribution in [0.1, 0.15) is 38.7 Å². The van der Waals surface area contributed by atoms with Gasteiger partial charge in [-0.15, -0.1) is 0 Å². The third kappa shape index (κ3) is 6.08. The Labute approximate surface area is 164 Å². The molecule has 1 aliphatic heterocycles. The average Bonchev–Trinajstić information content (AvgIpc) is 3.22. The molecule has 0 bridgehead atoms. The molecule has 0 N–H and O–H groups in total. The molecule has 3 heteroatoms. The molecule has 2 aromatic carbocycles. The van der Waals surface area contributed by atoms with Gasteiger partial charge in [0.2, 0.25) is 0 Å². The van der Waals surface area contributed by atoms with Crippen molar-refractivity contribution < 1.29 is 4.74 Å². The quantitative estimate of drug-likeness (QED) is 0.539. The van der Waals surface area contributed by atoms with Gasteiger partial charge >= 0.3 is 0 Å². The molecule has 0 saturated carbocycles. The number of hydrogen-bond donors (Lipinski definition) is 0. The van der Waals surface area contributed by atoms with E-state index in [-0.39, 0.29) is 0 Å². The van der Waals surface area contributed by atoms with Crippen LogP contribution in [0, 0.1) is 5.92 Å². The standard InChI is InChI=1S/C24H34N2O/c1-21(2)20-27-18-15-24(25-16-9-10-17-25)26(23-13-7-4-8-14-23)19-22-11-5-3-6-12-22/h3-8,11-14,21,24H,9-10,15-20H2,1-2H3/t24-/m1/s1. The van der Waals surface area contributed by atoms with E-state index in [1.807, 2.05) is 0 Å². The van der Waals surface area contributed by atoms with Crippen molar-refractivity contribution in [1.29, 1.82) is 0 Å². The number of benzene rings is 2. The van der Waals surface area contributed by atoms with Crippen molar-refractivity contribution in [3.63, 3.8) is 0 Å². The van der Waals surface area contributed by atoms with Crippen molar-refractivity contribution in [2.24, 2.45) is 5.92 Å². The monoisotopic (exact) mass is 366 g/mol. The van der Waals surface area contributed by atoms with E-state index in [1.165, 1.54) is 37.2 Å². The molecular formula is C24H34N2O. The second-order valence-electron chi connectivity index (χ2n) is 7.93. The Kier molecular flexibility index (Phi) is 7.73. The summed E-state index contributed by atoms with van der Waals surface area (Å²) in [5.41, 5.74) is 2.65. The molecule has 27 heavy (non-hydrogen) atoms. The lowest BCUT2D eigenvalue weighted by Gasteiger charge is -2.39. The van der Waals surface area contributed by atoms with Crippen LogP contribution < -0.4 is 4.90 Å². The van der Waals surface area contributed by atoms with Crippen LogP contribution in [0.4, 0.5) is 5.69 Å². The number of likely N-dealkylation sites (tertiary alicyclic amines) is 1. The third-order valence-corrected chi connectivity index (χ3v) is 5.18. The molecule has 0 spiro atoms. The van der Waals surface area contributed by atoms with Crippen LogP contribution in [0.15, 0.2) is 60.7 Å². The summed E-state index contributed by atoms with van der Waals surface area (Å²) in [6, 6.07) is 21.7. The molecule has 0 unspecified atom stereocenters. The second-order valence-corrected chi connectivity index (χ2v) is 7.93. The lowest BCUT2D eigenvalue weighted by molar-refractivity contribution is 0.0849. The Hall–Kier alpha value is -1.84. The van der Waals surface area contributed by atoms with Crippen molar-refractivity contribution in [2.75, 3.05) is 31.2 Å². The van der Waals surface area contributed by atoms with E-state index >= 15 is 0 Å². The summed E-state index contributed by atoms with van der Waals surface area (Å²) in [4.78, 5) is 5.22. The fourth-order valence-corrected chi connectivity index (χ4v) is 3.85. The van der Waals surface area contributed by atoms with E-state index in [2.05, 4.69) is 84.3 Å². The summed E-state index contributed by atoms with van der Waals surface area (Å²) in [6.45, 7) is 9.39. The van der Waals surface area contributed by atoms with Crippen molar-refractivity contribution >= 4 is 5.69 Å². The second kappa shape index (κ2) is 10.5. The summed E-state index contributed by atoms with van der Waals surface area (Å²) in [5, 5.41) is 0. The van der Waals surface area contributed by atoms with Gasteiger partial charge in [0.15, 0.2) is 0 Å². The lowest BCUT2D eigenvalue weighted by Crippen LogP contribution is -2.48. The van der Waals surface area contributed by atoms with Gasteiger partial charge in [0.25, 0.3) is 0 Å². The number of rotatable bonds is 10. The molecule has 1 aliphatic rings. The number of hydrogen-bond acceptors (Lipinski definition) is 3. The van der Waals surface area contributed by atoms with Gasteiger partial charge in [-0.3, -0.25) is 4.90 Å². The summed E-state index contributed by atoms with van der Waals surface area (Å²) < 4.78 is 5.97. The molecule has 2 aromatic rings. The van der Waals surface area contributed by atoms with Crippen LogP contribution in [-0.4, -0.2) is 37.4 Å². The number of para-hydroxylation sites is 1. The predicted octanol–water partition coefficient (Wildman–Crippen LogP) is 5.18. The van der Waals surface area contributed by atoms with Crippen molar-refractivity contribution in [1.82, 2.24) is 4.90 Å². The molecule has 1 heterocycles. The maximum absolute atomic E-state index is 5.97.